The molecule has 3 nitrogen and oxygen atoms in total. The summed E-state index contributed by atoms with van der Waals surface area (Å²) in [7, 11) is 2.12. The molecule has 0 radical (unpaired) electrons. The minimum Gasteiger partial charge on any atom is -0.681 e. The minimum atomic E-state index is 0.806. The van der Waals surface area contributed by atoms with Crippen LogP contribution in [0.15, 0.2) is 12.1 Å². The molecule has 0 saturated heterocycles. The second kappa shape index (κ2) is 3.50. The van der Waals surface area contributed by atoms with E-state index in [1.165, 1.54) is 11.1 Å². The number of fused-ring (bicyclic) bond motifs is 1. The summed E-state index contributed by atoms with van der Waals surface area (Å²) in [6.07, 6.45) is 0. The van der Waals surface area contributed by atoms with E-state index in [0.717, 1.165) is 31.0 Å². The smallest absolute Gasteiger partial charge is 0.0221 e. The Bertz CT molecular complexity index is 347. The van der Waals surface area contributed by atoms with E-state index in [4.69, 9.17) is 5.73 Å². The lowest BCUT2D eigenvalue weighted by Crippen LogP contribution is -2.19. The van der Waals surface area contributed by atoms with Crippen LogP contribution in [0.5, 0.6) is 0 Å². The molecule has 2 rings (SSSR count). The maximum atomic E-state index is 5.91. The van der Waals surface area contributed by atoms with Crippen molar-refractivity contribution < 1.29 is 0 Å². The Labute approximate surface area is 84.9 Å². The first-order chi connectivity index (χ1) is 6.68. The largest absolute Gasteiger partial charge is 0.681 e. The van der Waals surface area contributed by atoms with Crippen LogP contribution in [0.25, 0.3) is 5.32 Å². The van der Waals surface area contributed by atoms with E-state index in [9.17, 15) is 0 Å². The number of nitrogens with two attached hydrogens (primary N) is 1. The van der Waals surface area contributed by atoms with Crippen molar-refractivity contribution in [1.82, 2.24) is 4.90 Å². The zero-order valence-electron chi connectivity index (χ0n) is 8.75. The summed E-state index contributed by atoms with van der Waals surface area (Å²) in [6, 6.07) is 4.02. The van der Waals surface area contributed by atoms with Crippen molar-refractivity contribution in [2.75, 3.05) is 25.9 Å². The van der Waals surface area contributed by atoms with Gasteiger partial charge in [-0.1, -0.05) is 6.07 Å². The van der Waals surface area contributed by atoms with E-state index >= 15 is 0 Å². The van der Waals surface area contributed by atoms with E-state index in [-0.39, 0.29) is 0 Å². The highest BCUT2D eigenvalue weighted by Gasteiger charge is 2.08. The summed E-state index contributed by atoms with van der Waals surface area (Å²) in [5, 5.41) is 4.53. The van der Waals surface area contributed by atoms with Crippen LogP contribution in [0.1, 0.15) is 11.1 Å². The van der Waals surface area contributed by atoms with Crippen LogP contribution in [-0.2, 0) is 6.54 Å². The normalized spacial score (nSPS) is 17.0. The van der Waals surface area contributed by atoms with Crippen LogP contribution < -0.4 is 5.73 Å². The molecule has 1 aromatic rings. The van der Waals surface area contributed by atoms with Crippen molar-refractivity contribution in [3.8, 4) is 0 Å². The molecule has 0 atom stereocenters. The van der Waals surface area contributed by atoms with Crippen LogP contribution in [-0.4, -0.2) is 25.0 Å². The predicted molar refractivity (Wildman–Crippen MR) is 59.8 cm³/mol. The van der Waals surface area contributed by atoms with Crippen molar-refractivity contribution in [3.63, 3.8) is 0 Å². The van der Waals surface area contributed by atoms with Crippen molar-refractivity contribution in [2.45, 2.75) is 13.5 Å². The third-order valence-electron chi connectivity index (χ3n) is 2.73. The van der Waals surface area contributed by atoms with Crippen molar-refractivity contribution in [3.05, 3.63) is 28.6 Å². The third-order valence-corrected chi connectivity index (χ3v) is 2.73. The molecule has 0 amide bonds. The molecule has 0 spiro atoms. The van der Waals surface area contributed by atoms with Gasteiger partial charge in [0.1, 0.15) is 0 Å². The monoisotopic (exact) mass is 190 g/mol. The zero-order valence-corrected chi connectivity index (χ0v) is 8.75. The van der Waals surface area contributed by atoms with Crippen molar-refractivity contribution in [1.29, 1.82) is 0 Å². The maximum Gasteiger partial charge on any atom is 0.0221 e. The molecule has 2 N–H and O–H groups in total. The number of aryl methyl sites for hydroxylation is 1. The number of nitrogen functional groups attached to an aromatic ring is 1. The van der Waals surface area contributed by atoms with Gasteiger partial charge in [-0.3, -0.25) is 0 Å². The Hall–Kier alpha value is -1.22. The standard InChI is InChI=1S/C11H16N3/c1-8-3-4-10(12)11-9(8)7-14(2)6-5-13-11/h3-4H,5-7,12H2,1-2H3/q-1. The molecule has 1 aliphatic heterocycles. The Morgan fingerprint density at radius 3 is 3.00 bits per heavy atom. The number of anilines is 1. The highest BCUT2D eigenvalue weighted by Crippen LogP contribution is 2.35. The molecular formula is C11H16N3-. The fourth-order valence-electron chi connectivity index (χ4n) is 1.82. The summed E-state index contributed by atoms with van der Waals surface area (Å²) in [5.41, 5.74) is 10.3. The molecule has 0 fully saturated rings. The molecule has 76 valence electrons. The van der Waals surface area contributed by atoms with Gasteiger partial charge >= 0.3 is 0 Å². The van der Waals surface area contributed by atoms with Gasteiger partial charge in [0.15, 0.2) is 0 Å². The van der Waals surface area contributed by atoms with Gasteiger partial charge in [0, 0.05) is 12.2 Å². The van der Waals surface area contributed by atoms with Crippen LogP contribution in [0.2, 0.25) is 0 Å². The number of benzene rings is 1. The topological polar surface area (TPSA) is 43.4 Å². The SMILES string of the molecule is Cc1ccc(N)c2c1CN(C)CC[N-]2. The lowest BCUT2D eigenvalue weighted by Gasteiger charge is -2.24. The molecule has 1 heterocycles. The van der Waals surface area contributed by atoms with Gasteiger partial charge < -0.3 is 16.0 Å². The first-order valence-corrected chi connectivity index (χ1v) is 4.92. The van der Waals surface area contributed by atoms with Gasteiger partial charge in [-0.05, 0) is 37.7 Å². The van der Waals surface area contributed by atoms with E-state index < -0.39 is 0 Å². The highest BCUT2D eigenvalue weighted by atomic mass is 15.1. The second-order valence-corrected chi connectivity index (χ2v) is 3.92. The minimum absolute atomic E-state index is 0.806. The first kappa shape index (κ1) is 9.34. The Morgan fingerprint density at radius 2 is 2.21 bits per heavy atom. The molecule has 0 unspecified atom stereocenters. The van der Waals surface area contributed by atoms with Crippen molar-refractivity contribution >= 4 is 11.4 Å². The zero-order chi connectivity index (χ0) is 10.1. The predicted octanol–water partition coefficient (Wildman–Crippen LogP) is 2.03. The van der Waals surface area contributed by atoms with Gasteiger partial charge in [-0.2, -0.15) is 0 Å². The third kappa shape index (κ3) is 1.55. The lowest BCUT2D eigenvalue weighted by atomic mass is 10.0. The average Bonchev–Trinajstić information content (AvgIpc) is 2.34. The molecule has 3 heteroatoms. The van der Waals surface area contributed by atoms with Gasteiger partial charge in [-0.25, -0.2) is 0 Å². The van der Waals surface area contributed by atoms with Gasteiger partial charge in [0.25, 0.3) is 0 Å². The van der Waals surface area contributed by atoms with Gasteiger partial charge in [0.05, 0.1) is 0 Å². The highest BCUT2D eigenvalue weighted by molar-refractivity contribution is 5.75. The fraction of sp³-hybridized carbons (Fsp3) is 0.455. The quantitative estimate of drug-likeness (QED) is 0.636. The molecule has 0 bridgehead atoms. The summed E-state index contributed by atoms with van der Waals surface area (Å²) >= 11 is 0. The summed E-state index contributed by atoms with van der Waals surface area (Å²) in [6.45, 7) is 4.92. The molecule has 14 heavy (non-hydrogen) atoms. The van der Waals surface area contributed by atoms with E-state index in [0.29, 0.717) is 0 Å². The Kier molecular flexibility index (Phi) is 2.33. The number of nitrogens with zero attached hydrogens (tertiary/aromatic N) is 2. The Balaban J connectivity index is 2.48. The molecule has 0 saturated carbocycles. The van der Waals surface area contributed by atoms with Gasteiger partial charge in [0.2, 0.25) is 0 Å². The van der Waals surface area contributed by atoms with Crippen LogP contribution in [0, 0.1) is 6.92 Å². The van der Waals surface area contributed by atoms with Crippen LogP contribution in [0.3, 0.4) is 0 Å². The van der Waals surface area contributed by atoms with Crippen LogP contribution in [0.4, 0.5) is 11.4 Å². The number of hydrogen-bond donors (Lipinski definition) is 1. The molecule has 0 aromatic heterocycles. The summed E-state index contributed by atoms with van der Waals surface area (Å²) in [5.74, 6) is 0. The summed E-state index contributed by atoms with van der Waals surface area (Å²) < 4.78 is 0. The lowest BCUT2D eigenvalue weighted by molar-refractivity contribution is 0.347. The van der Waals surface area contributed by atoms with Crippen LogP contribution >= 0.6 is 0 Å². The van der Waals surface area contributed by atoms with Crippen molar-refractivity contribution in [2.24, 2.45) is 0 Å². The Morgan fingerprint density at radius 1 is 1.43 bits per heavy atom. The number of hydrogen-bond acceptors (Lipinski definition) is 2. The molecule has 1 aliphatic rings. The van der Waals surface area contributed by atoms with E-state index in [1.807, 2.05) is 6.07 Å². The van der Waals surface area contributed by atoms with E-state index in [1.54, 1.807) is 0 Å². The fourth-order valence-corrected chi connectivity index (χ4v) is 1.82. The average molecular weight is 190 g/mol. The van der Waals surface area contributed by atoms with E-state index in [2.05, 4.69) is 30.3 Å². The molecule has 1 aromatic carbocycles. The molecule has 0 aliphatic carbocycles. The first-order valence-electron chi connectivity index (χ1n) is 4.92. The van der Waals surface area contributed by atoms with Gasteiger partial charge in [-0.15, -0.1) is 12.2 Å². The number of rotatable bonds is 0. The second-order valence-electron chi connectivity index (χ2n) is 3.92. The maximum absolute atomic E-state index is 5.91. The summed E-state index contributed by atoms with van der Waals surface area (Å²) in [4.78, 5) is 2.28. The molecular weight excluding hydrogens is 174 g/mol. The number of likely N-dealkylation sites (N-methyl/N-ethyl adjacent to an activating group) is 1.